The quantitative estimate of drug-likeness (QED) is 0.804. The lowest BCUT2D eigenvalue weighted by atomic mass is 9.95. The third kappa shape index (κ3) is 4.35. The highest BCUT2D eigenvalue weighted by Gasteiger charge is 2.29. The number of amides is 1. The van der Waals surface area contributed by atoms with Gasteiger partial charge in [0.1, 0.15) is 5.82 Å². The van der Waals surface area contributed by atoms with E-state index in [1.54, 1.807) is 18.6 Å². The first-order valence-corrected chi connectivity index (χ1v) is 9.14. The molecule has 22 heavy (non-hydrogen) atoms. The Morgan fingerprint density at radius 1 is 1.45 bits per heavy atom. The fraction of sp³-hybridized carbons (Fsp3) is 0.688. The molecule has 0 aliphatic carbocycles. The summed E-state index contributed by atoms with van der Waals surface area (Å²) >= 11 is 1.89. The average Bonchev–Trinajstić information content (AvgIpc) is 2.59. The van der Waals surface area contributed by atoms with Gasteiger partial charge in [-0.2, -0.15) is 11.8 Å². The minimum absolute atomic E-state index is 0.145. The van der Waals surface area contributed by atoms with Crippen LogP contribution in [0, 0.1) is 5.92 Å². The number of aromatic nitrogens is 2. The first kappa shape index (κ1) is 17.1. The maximum absolute atomic E-state index is 12.6. The van der Waals surface area contributed by atoms with Crippen LogP contribution in [-0.4, -0.2) is 58.5 Å². The van der Waals surface area contributed by atoms with Crippen molar-refractivity contribution in [3.05, 3.63) is 18.6 Å². The maximum Gasteiger partial charge on any atom is 0.225 e. The van der Waals surface area contributed by atoms with E-state index in [0.717, 1.165) is 43.3 Å². The van der Waals surface area contributed by atoms with Crippen LogP contribution in [0.1, 0.15) is 26.7 Å². The van der Waals surface area contributed by atoms with Gasteiger partial charge >= 0.3 is 0 Å². The fourth-order valence-electron chi connectivity index (χ4n) is 2.72. The average molecular weight is 322 g/mol. The molecule has 0 N–H and O–H groups in total. The Morgan fingerprint density at radius 3 is 2.77 bits per heavy atom. The van der Waals surface area contributed by atoms with Gasteiger partial charge < -0.3 is 9.80 Å². The molecule has 0 bridgehead atoms. The molecule has 1 atom stereocenters. The predicted octanol–water partition coefficient (Wildman–Crippen LogP) is 2.29. The molecule has 0 spiro atoms. The van der Waals surface area contributed by atoms with E-state index in [1.807, 2.05) is 23.7 Å². The third-order valence-corrected chi connectivity index (χ3v) is 5.42. The van der Waals surface area contributed by atoms with Crippen LogP contribution in [0.15, 0.2) is 18.6 Å². The van der Waals surface area contributed by atoms with Crippen LogP contribution >= 0.6 is 11.8 Å². The van der Waals surface area contributed by atoms with Crippen LogP contribution in [0.3, 0.4) is 0 Å². The number of thioether (sulfide) groups is 1. The Bertz CT molecular complexity index is 462. The van der Waals surface area contributed by atoms with Gasteiger partial charge in [0.2, 0.25) is 5.91 Å². The molecular weight excluding hydrogens is 296 g/mol. The standard InChI is InChI=1S/C16H26N4OS/c1-4-22-12-13(2)19(3)16(21)14-5-9-20(10-6-14)15-11-17-7-8-18-15/h7-8,11,13-14H,4-6,9-10,12H2,1-3H3/t13-/m1/s1. The summed E-state index contributed by atoms with van der Waals surface area (Å²) in [5, 5.41) is 0. The summed E-state index contributed by atoms with van der Waals surface area (Å²) in [6.07, 6.45) is 6.98. The highest BCUT2D eigenvalue weighted by atomic mass is 32.2. The van der Waals surface area contributed by atoms with Crippen molar-refractivity contribution in [2.24, 2.45) is 5.92 Å². The SMILES string of the molecule is CCSC[C@@H](C)N(C)C(=O)C1CCN(c2cnccn2)CC1. The highest BCUT2D eigenvalue weighted by molar-refractivity contribution is 7.99. The third-order valence-electron chi connectivity index (χ3n) is 4.29. The molecule has 0 unspecified atom stereocenters. The van der Waals surface area contributed by atoms with Crippen LogP contribution < -0.4 is 4.90 Å². The van der Waals surface area contributed by atoms with E-state index in [1.165, 1.54) is 0 Å². The number of anilines is 1. The van der Waals surface area contributed by atoms with Crippen molar-refractivity contribution < 1.29 is 4.79 Å². The van der Waals surface area contributed by atoms with Gasteiger partial charge in [0, 0.05) is 50.2 Å². The summed E-state index contributed by atoms with van der Waals surface area (Å²) in [6, 6.07) is 0.301. The molecule has 1 aromatic heterocycles. The Labute approximate surface area is 137 Å². The van der Waals surface area contributed by atoms with Crippen molar-refractivity contribution >= 4 is 23.5 Å². The summed E-state index contributed by atoms with van der Waals surface area (Å²) in [4.78, 5) is 25.2. The van der Waals surface area contributed by atoms with Crippen LogP contribution in [0.4, 0.5) is 5.82 Å². The number of rotatable bonds is 6. The Balaban J connectivity index is 1.84. The molecule has 1 amide bonds. The number of nitrogens with zero attached hydrogens (tertiary/aromatic N) is 4. The molecule has 1 aliphatic rings. The zero-order valence-electron chi connectivity index (χ0n) is 13.7. The Hall–Kier alpha value is -1.30. The van der Waals surface area contributed by atoms with E-state index in [-0.39, 0.29) is 5.92 Å². The zero-order chi connectivity index (χ0) is 15.9. The molecule has 1 saturated heterocycles. The molecule has 1 aliphatic heterocycles. The first-order chi connectivity index (χ1) is 10.6. The first-order valence-electron chi connectivity index (χ1n) is 7.98. The van der Waals surface area contributed by atoms with Gasteiger partial charge in [0.05, 0.1) is 6.20 Å². The number of hydrogen-bond acceptors (Lipinski definition) is 5. The van der Waals surface area contributed by atoms with Gasteiger partial charge in [-0.3, -0.25) is 9.78 Å². The molecule has 2 heterocycles. The lowest BCUT2D eigenvalue weighted by molar-refractivity contribution is -0.136. The lowest BCUT2D eigenvalue weighted by Gasteiger charge is -2.35. The van der Waals surface area contributed by atoms with Gasteiger partial charge in [-0.05, 0) is 25.5 Å². The van der Waals surface area contributed by atoms with Crippen LogP contribution in [0.5, 0.6) is 0 Å². The summed E-state index contributed by atoms with van der Waals surface area (Å²) in [5.41, 5.74) is 0. The molecule has 0 aromatic carbocycles. The normalized spacial score (nSPS) is 17.3. The topological polar surface area (TPSA) is 49.3 Å². The van der Waals surface area contributed by atoms with Crippen molar-refractivity contribution in [2.75, 3.05) is 36.5 Å². The Kier molecular flexibility index (Phi) is 6.49. The van der Waals surface area contributed by atoms with Crippen LogP contribution in [0.25, 0.3) is 0 Å². The summed E-state index contributed by atoms with van der Waals surface area (Å²) in [6.45, 7) is 6.04. The number of carbonyl (C=O) groups excluding carboxylic acids is 1. The van der Waals surface area contributed by atoms with Crippen LogP contribution in [-0.2, 0) is 4.79 Å². The van der Waals surface area contributed by atoms with E-state index < -0.39 is 0 Å². The van der Waals surface area contributed by atoms with Crippen molar-refractivity contribution in [2.45, 2.75) is 32.7 Å². The fourth-order valence-corrected chi connectivity index (χ4v) is 3.52. The minimum atomic E-state index is 0.145. The van der Waals surface area contributed by atoms with E-state index in [0.29, 0.717) is 11.9 Å². The van der Waals surface area contributed by atoms with Crippen molar-refractivity contribution in [3.8, 4) is 0 Å². The van der Waals surface area contributed by atoms with E-state index in [9.17, 15) is 4.79 Å². The predicted molar refractivity (Wildman–Crippen MR) is 92.2 cm³/mol. The van der Waals surface area contributed by atoms with Crippen LogP contribution in [0.2, 0.25) is 0 Å². The van der Waals surface area contributed by atoms with Gasteiger partial charge in [0.25, 0.3) is 0 Å². The van der Waals surface area contributed by atoms with Gasteiger partial charge in [0.15, 0.2) is 0 Å². The van der Waals surface area contributed by atoms with Gasteiger partial charge in [-0.15, -0.1) is 0 Å². The minimum Gasteiger partial charge on any atom is -0.355 e. The molecule has 2 rings (SSSR count). The zero-order valence-corrected chi connectivity index (χ0v) is 14.6. The molecule has 6 heteroatoms. The second kappa shape index (κ2) is 8.36. The monoisotopic (exact) mass is 322 g/mol. The smallest absolute Gasteiger partial charge is 0.225 e. The number of piperidine rings is 1. The molecule has 0 saturated carbocycles. The molecular formula is C16H26N4OS. The summed E-state index contributed by atoms with van der Waals surface area (Å²) in [5.74, 6) is 3.46. The highest BCUT2D eigenvalue weighted by Crippen LogP contribution is 2.23. The van der Waals surface area contributed by atoms with E-state index in [2.05, 4.69) is 28.7 Å². The maximum atomic E-state index is 12.6. The summed E-state index contributed by atoms with van der Waals surface area (Å²) < 4.78 is 0. The Morgan fingerprint density at radius 2 is 2.18 bits per heavy atom. The van der Waals surface area contributed by atoms with E-state index in [4.69, 9.17) is 0 Å². The van der Waals surface area contributed by atoms with Gasteiger partial charge in [-0.1, -0.05) is 6.92 Å². The molecule has 1 aromatic rings. The molecule has 1 fully saturated rings. The summed E-state index contributed by atoms with van der Waals surface area (Å²) in [7, 11) is 1.94. The van der Waals surface area contributed by atoms with Crippen molar-refractivity contribution in [3.63, 3.8) is 0 Å². The second-order valence-corrected chi connectivity index (χ2v) is 7.10. The largest absolute Gasteiger partial charge is 0.355 e. The van der Waals surface area contributed by atoms with E-state index >= 15 is 0 Å². The van der Waals surface area contributed by atoms with Gasteiger partial charge in [-0.25, -0.2) is 4.98 Å². The number of hydrogen-bond donors (Lipinski definition) is 0. The van der Waals surface area contributed by atoms with Crippen molar-refractivity contribution in [1.82, 2.24) is 14.9 Å². The molecule has 5 nitrogen and oxygen atoms in total. The second-order valence-electron chi connectivity index (χ2n) is 5.78. The number of carbonyl (C=O) groups is 1. The molecule has 0 radical (unpaired) electrons. The molecule has 122 valence electrons. The van der Waals surface area contributed by atoms with Crippen molar-refractivity contribution in [1.29, 1.82) is 0 Å². The lowest BCUT2D eigenvalue weighted by Crippen LogP contribution is -2.45.